The highest BCUT2D eigenvalue weighted by Crippen LogP contribution is 2.23. The van der Waals surface area contributed by atoms with Crippen molar-refractivity contribution < 1.29 is 5.11 Å². The van der Waals surface area contributed by atoms with Crippen LogP contribution in [0.5, 0.6) is 0 Å². The number of aliphatic hydroxyl groups is 1. The first kappa shape index (κ1) is 13.6. The van der Waals surface area contributed by atoms with Crippen molar-refractivity contribution in [2.24, 2.45) is 5.92 Å². The van der Waals surface area contributed by atoms with Gasteiger partial charge in [-0.05, 0) is 37.8 Å². The summed E-state index contributed by atoms with van der Waals surface area (Å²) in [5.74, 6) is 0.809. The van der Waals surface area contributed by atoms with Crippen LogP contribution in [-0.2, 0) is 0 Å². The first-order chi connectivity index (χ1) is 8.77. The number of aliphatic hydroxyl groups excluding tert-OH is 1. The summed E-state index contributed by atoms with van der Waals surface area (Å²) in [7, 11) is 0. The van der Waals surface area contributed by atoms with Crippen LogP contribution >= 0.6 is 0 Å². The van der Waals surface area contributed by atoms with E-state index in [1.807, 2.05) is 30.3 Å². The maximum Gasteiger partial charge on any atom is 0.0940 e. The van der Waals surface area contributed by atoms with E-state index in [-0.39, 0.29) is 6.04 Å². The molecule has 1 aromatic carbocycles. The average molecular weight is 247 g/mol. The van der Waals surface area contributed by atoms with Gasteiger partial charge in [0.1, 0.15) is 0 Å². The first-order valence-corrected chi connectivity index (χ1v) is 7.24. The molecule has 2 nitrogen and oxygen atoms in total. The molecule has 2 rings (SSSR count). The Kier molecular flexibility index (Phi) is 5.21. The molecule has 0 saturated heterocycles. The molecule has 1 aromatic rings. The molecule has 18 heavy (non-hydrogen) atoms. The van der Waals surface area contributed by atoms with Crippen molar-refractivity contribution in [3.8, 4) is 0 Å². The molecule has 2 atom stereocenters. The van der Waals surface area contributed by atoms with E-state index in [2.05, 4.69) is 12.2 Å². The summed E-state index contributed by atoms with van der Waals surface area (Å²) in [6.07, 6.45) is 6.44. The van der Waals surface area contributed by atoms with Crippen LogP contribution in [0.15, 0.2) is 30.3 Å². The highest BCUT2D eigenvalue weighted by Gasteiger charge is 2.18. The van der Waals surface area contributed by atoms with Crippen LogP contribution in [0.4, 0.5) is 0 Å². The Hall–Kier alpha value is -0.860. The van der Waals surface area contributed by atoms with Crippen LogP contribution in [0.2, 0.25) is 0 Å². The summed E-state index contributed by atoms with van der Waals surface area (Å²) in [5, 5.41) is 13.8. The summed E-state index contributed by atoms with van der Waals surface area (Å²) in [6.45, 7) is 3.12. The lowest BCUT2D eigenvalue weighted by atomic mass is 9.89. The maximum atomic E-state index is 10.3. The molecule has 1 aliphatic rings. The van der Waals surface area contributed by atoms with Gasteiger partial charge in [-0.3, -0.25) is 0 Å². The summed E-state index contributed by atoms with van der Waals surface area (Å²) >= 11 is 0. The molecular weight excluding hydrogens is 222 g/mol. The normalized spacial score (nSPS) is 20.6. The number of nitrogens with one attached hydrogen (secondary N) is 1. The molecule has 0 spiro atoms. The van der Waals surface area contributed by atoms with E-state index in [0.29, 0.717) is 0 Å². The van der Waals surface area contributed by atoms with E-state index in [0.717, 1.165) is 18.0 Å². The fourth-order valence-corrected chi connectivity index (χ4v) is 2.79. The van der Waals surface area contributed by atoms with Crippen molar-refractivity contribution >= 4 is 0 Å². The third-order valence-corrected chi connectivity index (χ3v) is 4.07. The molecule has 1 saturated carbocycles. The Bertz CT molecular complexity index is 332. The van der Waals surface area contributed by atoms with Crippen LogP contribution in [0, 0.1) is 5.92 Å². The van der Waals surface area contributed by atoms with Crippen LogP contribution in [0.1, 0.15) is 50.7 Å². The van der Waals surface area contributed by atoms with E-state index in [1.165, 1.54) is 32.1 Å². The topological polar surface area (TPSA) is 32.3 Å². The minimum Gasteiger partial charge on any atom is -0.387 e. The van der Waals surface area contributed by atoms with Crippen LogP contribution in [-0.4, -0.2) is 17.7 Å². The first-order valence-electron chi connectivity index (χ1n) is 7.24. The average Bonchev–Trinajstić information content (AvgIpc) is 2.46. The van der Waals surface area contributed by atoms with Crippen molar-refractivity contribution in [3.63, 3.8) is 0 Å². The van der Waals surface area contributed by atoms with Crippen molar-refractivity contribution in [2.75, 3.05) is 6.54 Å². The largest absolute Gasteiger partial charge is 0.387 e. The number of hydrogen-bond donors (Lipinski definition) is 2. The van der Waals surface area contributed by atoms with Gasteiger partial charge in [0.2, 0.25) is 0 Å². The van der Waals surface area contributed by atoms with Crippen molar-refractivity contribution in [2.45, 2.75) is 51.2 Å². The Morgan fingerprint density at radius 3 is 2.50 bits per heavy atom. The van der Waals surface area contributed by atoms with Crippen LogP contribution < -0.4 is 5.32 Å². The number of hydrogen-bond acceptors (Lipinski definition) is 2. The molecule has 0 aromatic heterocycles. The van der Waals surface area contributed by atoms with Gasteiger partial charge >= 0.3 is 0 Å². The van der Waals surface area contributed by atoms with E-state index in [1.54, 1.807) is 0 Å². The Morgan fingerprint density at radius 1 is 1.17 bits per heavy atom. The third-order valence-electron chi connectivity index (χ3n) is 4.07. The number of rotatable bonds is 5. The lowest BCUT2D eigenvalue weighted by molar-refractivity contribution is 0.131. The van der Waals surface area contributed by atoms with Gasteiger partial charge in [0.15, 0.2) is 0 Å². The predicted molar refractivity (Wildman–Crippen MR) is 75.4 cm³/mol. The maximum absolute atomic E-state index is 10.3. The molecule has 1 fully saturated rings. The zero-order valence-electron chi connectivity index (χ0n) is 11.3. The van der Waals surface area contributed by atoms with Gasteiger partial charge in [-0.25, -0.2) is 0 Å². The van der Waals surface area contributed by atoms with Crippen LogP contribution in [0.3, 0.4) is 0 Å². The molecule has 1 aliphatic carbocycles. The molecular formula is C16H25NO. The second-order valence-electron chi connectivity index (χ2n) is 5.56. The molecule has 0 radical (unpaired) electrons. The molecule has 0 unspecified atom stereocenters. The Balaban J connectivity index is 1.78. The smallest absolute Gasteiger partial charge is 0.0940 e. The van der Waals surface area contributed by atoms with E-state index < -0.39 is 6.10 Å². The zero-order chi connectivity index (χ0) is 12.8. The molecule has 100 valence electrons. The zero-order valence-corrected chi connectivity index (χ0v) is 11.3. The van der Waals surface area contributed by atoms with Gasteiger partial charge in [-0.1, -0.05) is 49.6 Å². The summed E-state index contributed by atoms with van der Waals surface area (Å²) in [5.41, 5.74) is 1.00. The van der Waals surface area contributed by atoms with Gasteiger partial charge in [-0.2, -0.15) is 0 Å². The monoisotopic (exact) mass is 247 g/mol. The Morgan fingerprint density at radius 2 is 1.83 bits per heavy atom. The summed E-state index contributed by atoms with van der Waals surface area (Å²) in [6, 6.07) is 10.0. The summed E-state index contributed by atoms with van der Waals surface area (Å²) in [4.78, 5) is 0. The molecule has 2 N–H and O–H groups in total. The van der Waals surface area contributed by atoms with Gasteiger partial charge in [0.05, 0.1) is 6.10 Å². The van der Waals surface area contributed by atoms with E-state index >= 15 is 0 Å². The van der Waals surface area contributed by atoms with Gasteiger partial charge in [-0.15, -0.1) is 0 Å². The number of benzene rings is 1. The van der Waals surface area contributed by atoms with Gasteiger partial charge < -0.3 is 10.4 Å². The highest BCUT2D eigenvalue weighted by molar-refractivity contribution is 5.18. The highest BCUT2D eigenvalue weighted by atomic mass is 16.3. The minimum atomic E-state index is -0.408. The quantitative estimate of drug-likeness (QED) is 0.837. The lowest BCUT2D eigenvalue weighted by Crippen LogP contribution is -2.36. The molecule has 2 heteroatoms. The molecule has 0 bridgehead atoms. The standard InChI is InChI=1S/C16H25NO/c1-13(16(18)15-10-6-3-7-11-15)17-12-14-8-4-2-5-9-14/h3,6-7,10-11,13-14,16-18H,2,4-5,8-9,12H2,1H3/t13-,16-/m0/s1. The second kappa shape index (κ2) is 6.91. The fourth-order valence-electron chi connectivity index (χ4n) is 2.79. The molecule has 0 amide bonds. The minimum absolute atomic E-state index is 0.120. The SMILES string of the molecule is C[C@H](NCC1CCCCC1)[C@H](O)c1ccccc1. The fraction of sp³-hybridized carbons (Fsp3) is 0.625. The molecule has 0 aliphatic heterocycles. The van der Waals surface area contributed by atoms with E-state index in [9.17, 15) is 5.11 Å². The van der Waals surface area contributed by atoms with Crippen molar-refractivity contribution in [1.82, 2.24) is 5.32 Å². The van der Waals surface area contributed by atoms with Crippen molar-refractivity contribution in [3.05, 3.63) is 35.9 Å². The molecule has 0 heterocycles. The summed E-state index contributed by atoms with van der Waals surface area (Å²) < 4.78 is 0. The van der Waals surface area contributed by atoms with Crippen LogP contribution in [0.25, 0.3) is 0 Å². The van der Waals surface area contributed by atoms with Gasteiger partial charge in [0, 0.05) is 6.04 Å². The van der Waals surface area contributed by atoms with Crippen molar-refractivity contribution in [1.29, 1.82) is 0 Å². The predicted octanol–water partition coefficient (Wildman–Crippen LogP) is 3.28. The van der Waals surface area contributed by atoms with E-state index in [4.69, 9.17) is 0 Å². The Labute approximate surface area is 110 Å². The third kappa shape index (κ3) is 3.82. The lowest BCUT2D eigenvalue weighted by Gasteiger charge is -2.26. The second-order valence-corrected chi connectivity index (χ2v) is 5.56. The van der Waals surface area contributed by atoms with Gasteiger partial charge in [0.25, 0.3) is 0 Å².